The standard InChI is InChI=1S/C15H24BrClO/c1-10(2)7-13(18)8-11(3)12-5-6-15(4,16)14(17)9-12/h7,13-14,18H,5-6,8-9H2,1-4H3. The third-order valence-electron chi connectivity index (χ3n) is 3.64. The molecule has 0 heterocycles. The number of hydrogen-bond donors (Lipinski definition) is 1. The molecule has 0 amide bonds. The molecule has 1 fully saturated rings. The summed E-state index contributed by atoms with van der Waals surface area (Å²) in [6.07, 6.45) is 5.35. The summed E-state index contributed by atoms with van der Waals surface area (Å²) in [6, 6.07) is 0. The van der Waals surface area contributed by atoms with Crippen molar-refractivity contribution in [3.05, 3.63) is 22.8 Å². The van der Waals surface area contributed by atoms with Gasteiger partial charge in [-0.3, -0.25) is 0 Å². The van der Waals surface area contributed by atoms with Crippen molar-refractivity contribution >= 4 is 27.5 Å². The molecular weight excluding hydrogens is 312 g/mol. The Labute approximate surface area is 124 Å². The first-order valence-electron chi connectivity index (χ1n) is 6.56. The minimum absolute atomic E-state index is 0.0524. The van der Waals surface area contributed by atoms with E-state index in [1.165, 1.54) is 11.1 Å². The largest absolute Gasteiger partial charge is 0.389 e. The molecule has 1 N–H and O–H groups in total. The van der Waals surface area contributed by atoms with Gasteiger partial charge in [-0.2, -0.15) is 0 Å². The molecule has 104 valence electrons. The zero-order valence-electron chi connectivity index (χ0n) is 11.8. The highest BCUT2D eigenvalue weighted by atomic mass is 79.9. The number of aliphatic hydroxyl groups excluding tert-OH is 1. The summed E-state index contributed by atoms with van der Waals surface area (Å²) < 4.78 is 0.0524. The van der Waals surface area contributed by atoms with E-state index in [0.717, 1.165) is 31.3 Å². The van der Waals surface area contributed by atoms with Gasteiger partial charge in [0.15, 0.2) is 0 Å². The first-order valence-corrected chi connectivity index (χ1v) is 7.79. The predicted molar refractivity (Wildman–Crippen MR) is 83.6 cm³/mol. The Morgan fingerprint density at radius 3 is 2.67 bits per heavy atom. The van der Waals surface area contributed by atoms with E-state index >= 15 is 0 Å². The summed E-state index contributed by atoms with van der Waals surface area (Å²) in [7, 11) is 0. The van der Waals surface area contributed by atoms with Gasteiger partial charge in [-0.05, 0) is 53.4 Å². The molecule has 0 spiro atoms. The summed E-state index contributed by atoms with van der Waals surface area (Å²) >= 11 is 10.1. The molecule has 1 aliphatic rings. The molecule has 0 saturated heterocycles. The van der Waals surface area contributed by atoms with Crippen molar-refractivity contribution in [2.75, 3.05) is 0 Å². The molecule has 18 heavy (non-hydrogen) atoms. The second kappa shape index (κ2) is 6.58. The quantitative estimate of drug-likeness (QED) is 0.570. The second-order valence-electron chi connectivity index (χ2n) is 5.85. The first-order chi connectivity index (χ1) is 8.22. The second-order valence-corrected chi connectivity index (χ2v) is 8.19. The number of alkyl halides is 2. The Morgan fingerprint density at radius 2 is 2.17 bits per heavy atom. The maximum absolute atomic E-state index is 9.94. The number of halogens is 2. The van der Waals surface area contributed by atoms with Crippen LogP contribution in [0, 0.1) is 0 Å². The molecule has 0 aromatic rings. The van der Waals surface area contributed by atoms with Gasteiger partial charge in [-0.25, -0.2) is 0 Å². The molecule has 0 aliphatic heterocycles. The van der Waals surface area contributed by atoms with Crippen molar-refractivity contribution in [3.63, 3.8) is 0 Å². The van der Waals surface area contributed by atoms with Crippen LogP contribution in [-0.2, 0) is 0 Å². The average molecular weight is 336 g/mol. The van der Waals surface area contributed by atoms with Crippen molar-refractivity contribution in [1.82, 2.24) is 0 Å². The predicted octanol–water partition coefficient (Wildman–Crippen LogP) is 4.97. The summed E-state index contributed by atoms with van der Waals surface area (Å²) in [5, 5.41) is 10.1. The Kier molecular flexibility index (Phi) is 5.95. The highest BCUT2D eigenvalue weighted by molar-refractivity contribution is 9.10. The van der Waals surface area contributed by atoms with Crippen LogP contribution in [-0.4, -0.2) is 20.9 Å². The SMILES string of the molecule is CC(C)=CC(O)CC(C)=C1CCC(C)(Br)C(Cl)C1. The van der Waals surface area contributed by atoms with Crippen LogP contribution < -0.4 is 0 Å². The van der Waals surface area contributed by atoms with Gasteiger partial charge in [-0.15, -0.1) is 11.6 Å². The molecule has 1 aliphatic carbocycles. The minimum Gasteiger partial charge on any atom is -0.389 e. The van der Waals surface area contributed by atoms with E-state index in [4.69, 9.17) is 11.6 Å². The molecule has 3 heteroatoms. The van der Waals surface area contributed by atoms with Gasteiger partial charge >= 0.3 is 0 Å². The first kappa shape index (κ1) is 16.3. The number of hydrogen-bond acceptors (Lipinski definition) is 1. The number of allylic oxidation sites excluding steroid dienone is 2. The number of rotatable bonds is 3. The fourth-order valence-electron chi connectivity index (χ4n) is 2.37. The summed E-state index contributed by atoms with van der Waals surface area (Å²) in [4.78, 5) is 0. The molecule has 0 radical (unpaired) electrons. The lowest BCUT2D eigenvalue weighted by atomic mass is 9.83. The van der Waals surface area contributed by atoms with E-state index in [2.05, 4.69) is 29.8 Å². The molecule has 1 saturated carbocycles. The van der Waals surface area contributed by atoms with Crippen LogP contribution in [0.15, 0.2) is 22.8 Å². The molecule has 0 aromatic carbocycles. The average Bonchev–Trinajstić information content (AvgIpc) is 2.20. The van der Waals surface area contributed by atoms with E-state index in [0.29, 0.717) is 0 Å². The lowest BCUT2D eigenvalue weighted by Gasteiger charge is -2.35. The van der Waals surface area contributed by atoms with Gasteiger partial charge in [0.1, 0.15) is 0 Å². The Bertz CT molecular complexity index is 354. The molecule has 0 bridgehead atoms. The molecule has 1 rings (SSSR count). The van der Waals surface area contributed by atoms with Crippen LogP contribution in [0.1, 0.15) is 53.4 Å². The van der Waals surface area contributed by atoms with Gasteiger partial charge < -0.3 is 5.11 Å². The van der Waals surface area contributed by atoms with Gasteiger partial charge in [0.2, 0.25) is 0 Å². The van der Waals surface area contributed by atoms with Crippen molar-refractivity contribution < 1.29 is 5.11 Å². The van der Waals surface area contributed by atoms with E-state index in [1.54, 1.807) is 0 Å². The fourth-order valence-corrected chi connectivity index (χ4v) is 3.03. The van der Waals surface area contributed by atoms with Crippen LogP contribution in [0.25, 0.3) is 0 Å². The Morgan fingerprint density at radius 1 is 1.56 bits per heavy atom. The summed E-state index contributed by atoms with van der Waals surface area (Å²) in [5.41, 5.74) is 3.88. The lowest BCUT2D eigenvalue weighted by molar-refractivity contribution is 0.222. The normalized spacial score (nSPS) is 32.9. The topological polar surface area (TPSA) is 20.2 Å². The Hall–Kier alpha value is 0.210. The smallest absolute Gasteiger partial charge is 0.0760 e. The van der Waals surface area contributed by atoms with Crippen LogP contribution in [0.4, 0.5) is 0 Å². The fraction of sp³-hybridized carbons (Fsp3) is 0.733. The highest BCUT2D eigenvalue weighted by Crippen LogP contribution is 2.42. The highest BCUT2D eigenvalue weighted by Gasteiger charge is 2.34. The zero-order chi connectivity index (χ0) is 13.9. The maximum Gasteiger partial charge on any atom is 0.0760 e. The van der Waals surface area contributed by atoms with E-state index in [-0.39, 0.29) is 15.8 Å². The maximum atomic E-state index is 9.94. The van der Waals surface area contributed by atoms with Gasteiger partial charge in [-0.1, -0.05) is 38.7 Å². The van der Waals surface area contributed by atoms with Gasteiger partial charge in [0, 0.05) is 4.32 Å². The van der Waals surface area contributed by atoms with Crippen molar-refractivity contribution in [2.45, 2.75) is 69.2 Å². The third kappa shape index (κ3) is 4.71. The molecule has 1 nitrogen and oxygen atoms in total. The summed E-state index contributed by atoms with van der Waals surface area (Å²) in [6.45, 7) is 8.31. The molecule has 0 aromatic heterocycles. The minimum atomic E-state index is -0.367. The van der Waals surface area contributed by atoms with Gasteiger partial charge in [0.05, 0.1) is 11.5 Å². The van der Waals surface area contributed by atoms with E-state index in [9.17, 15) is 5.11 Å². The van der Waals surface area contributed by atoms with Crippen LogP contribution in [0.5, 0.6) is 0 Å². The molecule has 3 atom stereocenters. The van der Waals surface area contributed by atoms with Crippen LogP contribution >= 0.6 is 27.5 Å². The monoisotopic (exact) mass is 334 g/mol. The number of aliphatic hydroxyl groups is 1. The van der Waals surface area contributed by atoms with Crippen LogP contribution in [0.2, 0.25) is 0 Å². The van der Waals surface area contributed by atoms with Gasteiger partial charge in [0.25, 0.3) is 0 Å². The van der Waals surface area contributed by atoms with Crippen molar-refractivity contribution in [3.8, 4) is 0 Å². The molecular formula is C15H24BrClO. The van der Waals surface area contributed by atoms with Crippen molar-refractivity contribution in [2.24, 2.45) is 0 Å². The van der Waals surface area contributed by atoms with Crippen LogP contribution in [0.3, 0.4) is 0 Å². The third-order valence-corrected chi connectivity index (χ3v) is 5.49. The van der Waals surface area contributed by atoms with E-state index < -0.39 is 0 Å². The molecule has 3 unspecified atom stereocenters. The Balaban J connectivity index is 2.68. The van der Waals surface area contributed by atoms with Crippen molar-refractivity contribution in [1.29, 1.82) is 0 Å². The summed E-state index contributed by atoms with van der Waals surface area (Å²) in [5.74, 6) is 0. The lowest BCUT2D eigenvalue weighted by Crippen LogP contribution is -2.33. The van der Waals surface area contributed by atoms with E-state index in [1.807, 2.05) is 19.9 Å². The zero-order valence-corrected chi connectivity index (χ0v) is 14.1.